The third-order valence-electron chi connectivity index (χ3n) is 11.9. The third-order valence-corrected chi connectivity index (χ3v) is 12.9. The van der Waals surface area contributed by atoms with Crippen molar-refractivity contribution in [2.45, 2.75) is 264 Å². The fourth-order valence-electron chi connectivity index (χ4n) is 7.77. The summed E-state index contributed by atoms with van der Waals surface area (Å²) in [6.45, 7) is 4.80. The fourth-order valence-corrected chi connectivity index (χ4v) is 8.50. The summed E-state index contributed by atoms with van der Waals surface area (Å²) in [7, 11) is 1.56. The summed E-state index contributed by atoms with van der Waals surface area (Å²) in [4.78, 5) is 23.2. The van der Waals surface area contributed by atoms with Gasteiger partial charge in [-0.2, -0.15) is 0 Å². The van der Waals surface area contributed by atoms with Crippen molar-refractivity contribution in [2.75, 3.05) is 40.9 Å². The Morgan fingerprint density at radius 2 is 0.902 bits per heavy atom. The van der Waals surface area contributed by atoms with E-state index in [-0.39, 0.29) is 19.1 Å². The summed E-state index contributed by atoms with van der Waals surface area (Å²) in [5.41, 5.74) is 0. The van der Waals surface area contributed by atoms with E-state index in [1.165, 1.54) is 193 Å². The molecule has 0 aromatic heterocycles. The van der Waals surface area contributed by atoms with E-state index in [9.17, 15) is 19.4 Å². The van der Waals surface area contributed by atoms with Crippen molar-refractivity contribution in [1.82, 2.24) is 5.32 Å². The Bertz CT molecular complexity index is 1050. The molecule has 3 N–H and O–H groups in total. The fraction of sp³-hybridized carbons (Fsp3) is 0.904. The number of aliphatic hydroxyl groups is 1. The zero-order chi connectivity index (χ0) is 45.0. The van der Waals surface area contributed by atoms with Gasteiger partial charge in [0.05, 0.1) is 39.9 Å². The molecule has 0 bridgehead atoms. The van der Waals surface area contributed by atoms with Gasteiger partial charge >= 0.3 is 7.82 Å². The van der Waals surface area contributed by atoms with Gasteiger partial charge in [0.1, 0.15) is 13.2 Å². The van der Waals surface area contributed by atoms with Crippen LogP contribution in [-0.4, -0.2) is 73.4 Å². The molecule has 0 saturated carbocycles. The standard InChI is InChI=1S/C52H103N2O6P/c1-6-8-10-12-14-16-18-20-21-22-23-24-25-26-27-28-29-30-31-32-33-34-36-38-40-42-44-46-52(56)53-50(49-60-61(57,58)59-48-47-54(3,4)5)51(55)45-43-41-39-37-35-19-17-15-13-11-9-7-2/h35,37,43,45,50-51,55H,6-34,36,38-42,44,46-49H2,1-5H3,(H-,53,56,57,58)/p+1/b37-35+,45-43+. The van der Waals surface area contributed by atoms with Gasteiger partial charge < -0.3 is 19.8 Å². The number of amides is 1. The average Bonchev–Trinajstić information content (AvgIpc) is 3.21. The molecule has 0 aliphatic carbocycles. The molecule has 0 spiro atoms. The monoisotopic (exact) mass is 884 g/mol. The van der Waals surface area contributed by atoms with Crippen LogP contribution in [0.3, 0.4) is 0 Å². The molecule has 8 nitrogen and oxygen atoms in total. The number of nitrogens with zero attached hydrogens (tertiary/aromatic N) is 1. The largest absolute Gasteiger partial charge is 0.472 e. The highest BCUT2D eigenvalue weighted by Crippen LogP contribution is 2.43. The second kappa shape index (κ2) is 44.2. The lowest BCUT2D eigenvalue weighted by Gasteiger charge is -2.25. The second-order valence-corrected chi connectivity index (χ2v) is 20.7. The number of quaternary nitrogens is 1. The van der Waals surface area contributed by atoms with Gasteiger partial charge in [-0.15, -0.1) is 0 Å². The highest BCUT2D eigenvalue weighted by molar-refractivity contribution is 7.47. The van der Waals surface area contributed by atoms with E-state index in [0.29, 0.717) is 17.4 Å². The molecule has 1 amide bonds. The molecular weight excluding hydrogens is 780 g/mol. The number of nitrogens with one attached hydrogen (secondary N) is 1. The minimum absolute atomic E-state index is 0.0583. The summed E-state index contributed by atoms with van der Waals surface area (Å²) < 4.78 is 23.6. The van der Waals surface area contributed by atoms with Crippen LogP contribution in [0.2, 0.25) is 0 Å². The number of aliphatic hydroxyl groups excluding tert-OH is 1. The summed E-state index contributed by atoms with van der Waals surface area (Å²) in [6.07, 6.45) is 54.2. The number of hydrogen-bond acceptors (Lipinski definition) is 5. The van der Waals surface area contributed by atoms with Crippen molar-refractivity contribution >= 4 is 13.7 Å². The van der Waals surface area contributed by atoms with Gasteiger partial charge in [0.2, 0.25) is 5.91 Å². The highest BCUT2D eigenvalue weighted by Gasteiger charge is 2.27. The molecule has 0 heterocycles. The van der Waals surface area contributed by atoms with Gasteiger partial charge in [0, 0.05) is 6.42 Å². The van der Waals surface area contributed by atoms with E-state index >= 15 is 0 Å². The molecule has 0 rings (SSSR count). The van der Waals surface area contributed by atoms with E-state index in [1.54, 1.807) is 6.08 Å². The molecule has 61 heavy (non-hydrogen) atoms. The number of allylic oxidation sites excluding steroid dienone is 3. The van der Waals surface area contributed by atoms with Crippen molar-refractivity contribution in [2.24, 2.45) is 0 Å². The van der Waals surface area contributed by atoms with Crippen LogP contribution < -0.4 is 5.32 Å². The molecule has 0 aliphatic rings. The number of phosphoric acid groups is 1. The third kappa shape index (κ3) is 46.8. The van der Waals surface area contributed by atoms with Gasteiger partial charge in [-0.25, -0.2) is 4.57 Å². The normalized spacial score (nSPS) is 14.3. The zero-order valence-corrected chi connectivity index (χ0v) is 42.1. The van der Waals surface area contributed by atoms with Crippen LogP contribution in [-0.2, 0) is 18.4 Å². The maximum Gasteiger partial charge on any atom is 0.472 e. The van der Waals surface area contributed by atoms with E-state index in [1.807, 2.05) is 27.2 Å². The van der Waals surface area contributed by atoms with E-state index in [4.69, 9.17) is 9.05 Å². The average molecular weight is 884 g/mol. The Kier molecular flexibility index (Phi) is 43.5. The van der Waals surface area contributed by atoms with Crippen LogP contribution in [0.1, 0.15) is 251 Å². The Morgan fingerprint density at radius 3 is 1.31 bits per heavy atom. The lowest BCUT2D eigenvalue weighted by Crippen LogP contribution is -2.45. The number of likely N-dealkylation sites (N-methyl/N-ethyl adjacent to an activating group) is 1. The van der Waals surface area contributed by atoms with Crippen molar-refractivity contribution in [3.05, 3.63) is 24.3 Å². The zero-order valence-electron chi connectivity index (χ0n) is 41.2. The molecular formula is C52H104N2O6P+. The number of hydrogen-bond donors (Lipinski definition) is 3. The molecule has 9 heteroatoms. The first-order chi connectivity index (χ1) is 29.5. The molecule has 0 fully saturated rings. The van der Waals surface area contributed by atoms with Crippen LogP contribution in [0, 0.1) is 0 Å². The predicted molar refractivity (Wildman–Crippen MR) is 263 cm³/mol. The van der Waals surface area contributed by atoms with Crippen LogP contribution in [0.25, 0.3) is 0 Å². The number of rotatable bonds is 48. The Hall–Kier alpha value is -1.02. The lowest BCUT2D eigenvalue weighted by molar-refractivity contribution is -0.870. The number of carbonyl (C=O) groups is 1. The minimum atomic E-state index is -4.34. The van der Waals surface area contributed by atoms with Crippen LogP contribution in [0.5, 0.6) is 0 Å². The van der Waals surface area contributed by atoms with Gasteiger partial charge in [-0.3, -0.25) is 13.8 Å². The first-order valence-corrected chi connectivity index (χ1v) is 27.7. The number of phosphoric ester groups is 1. The van der Waals surface area contributed by atoms with Gasteiger partial charge in [0.25, 0.3) is 0 Å². The maximum absolute atomic E-state index is 12.9. The lowest BCUT2D eigenvalue weighted by atomic mass is 10.0. The minimum Gasteiger partial charge on any atom is -0.387 e. The van der Waals surface area contributed by atoms with Crippen molar-refractivity contribution in [3.8, 4) is 0 Å². The molecule has 3 atom stereocenters. The summed E-state index contributed by atoms with van der Waals surface area (Å²) in [5.74, 6) is -0.183. The predicted octanol–water partition coefficient (Wildman–Crippen LogP) is 15.3. The van der Waals surface area contributed by atoms with E-state index in [2.05, 4.69) is 31.3 Å². The van der Waals surface area contributed by atoms with Crippen LogP contribution >= 0.6 is 7.82 Å². The summed E-state index contributed by atoms with van der Waals surface area (Å²) in [5, 5.41) is 13.8. The summed E-state index contributed by atoms with van der Waals surface area (Å²) in [6, 6.07) is -0.858. The molecule has 0 aromatic carbocycles. The number of carbonyl (C=O) groups excluding carboxylic acids is 1. The van der Waals surface area contributed by atoms with Crippen LogP contribution in [0.4, 0.5) is 0 Å². The quantitative estimate of drug-likeness (QED) is 0.0243. The molecule has 0 aliphatic heterocycles. The molecule has 0 radical (unpaired) electrons. The Labute approximate surface area is 379 Å². The van der Waals surface area contributed by atoms with Gasteiger partial charge in [-0.05, 0) is 32.1 Å². The molecule has 0 saturated heterocycles. The topological polar surface area (TPSA) is 105 Å². The molecule has 3 unspecified atom stereocenters. The second-order valence-electron chi connectivity index (χ2n) is 19.3. The van der Waals surface area contributed by atoms with E-state index in [0.717, 1.165) is 38.5 Å². The smallest absolute Gasteiger partial charge is 0.387 e. The highest BCUT2D eigenvalue weighted by atomic mass is 31.2. The first kappa shape index (κ1) is 60.0. The maximum atomic E-state index is 12.9. The van der Waals surface area contributed by atoms with Crippen LogP contribution in [0.15, 0.2) is 24.3 Å². The Morgan fingerprint density at radius 1 is 0.541 bits per heavy atom. The van der Waals surface area contributed by atoms with Gasteiger partial charge in [-0.1, -0.05) is 237 Å². The summed E-state index contributed by atoms with van der Waals surface area (Å²) >= 11 is 0. The SMILES string of the molecule is CCCCCCCC/C=C/CC/C=C/C(O)C(COP(=O)(O)OCC[N+](C)(C)C)NC(=O)CCCCCCCCCCCCCCCCCCCCCCCCCCCCC. The first-order valence-electron chi connectivity index (χ1n) is 26.2. The molecule has 362 valence electrons. The van der Waals surface area contributed by atoms with Crippen molar-refractivity contribution in [1.29, 1.82) is 0 Å². The Balaban J connectivity index is 4.11. The van der Waals surface area contributed by atoms with E-state index < -0.39 is 20.0 Å². The van der Waals surface area contributed by atoms with Crippen molar-refractivity contribution in [3.63, 3.8) is 0 Å². The molecule has 0 aromatic rings. The van der Waals surface area contributed by atoms with Gasteiger partial charge in [0.15, 0.2) is 0 Å². The number of unbranched alkanes of at least 4 members (excludes halogenated alkanes) is 33. The van der Waals surface area contributed by atoms with Crippen molar-refractivity contribution < 1.29 is 32.9 Å².